The van der Waals surface area contributed by atoms with Crippen molar-refractivity contribution in [1.29, 1.82) is 0 Å². The Hall–Kier alpha value is -2.63. The first-order chi connectivity index (χ1) is 10.1. The molecule has 1 amide bonds. The number of methoxy groups -OCH3 is 1. The Morgan fingerprint density at radius 1 is 1.33 bits per heavy atom. The number of nitrogens with zero attached hydrogens (tertiary/aromatic N) is 1. The fourth-order valence-corrected chi connectivity index (χ4v) is 1.95. The van der Waals surface area contributed by atoms with Crippen LogP contribution in [0.3, 0.4) is 0 Å². The van der Waals surface area contributed by atoms with Gasteiger partial charge in [-0.3, -0.25) is 9.59 Å². The van der Waals surface area contributed by atoms with Gasteiger partial charge in [0.1, 0.15) is 11.6 Å². The number of fused-ring (bicyclic) bond motifs is 1. The third kappa shape index (κ3) is 3.68. The highest BCUT2D eigenvalue weighted by atomic mass is 16.5. The van der Waals surface area contributed by atoms with Crippen LogP contribution in [0.1, 0.15) is 17.3 Å². The van der Waals surface area contributed by atoms with Gasteiger partial charge >= 0.3 is 0 Å². The molecule has 6 nitrogen and oxygen atoms in total. The van der Waals surface area contributed by atoms with Crippen LogP contribution in [0.4, 0.5) is 5.82 Å². The van der Waals surface area contributed by atoms with E-state index < -0.39 is 0 Å². The number of hydrogen-bond acceptors (Lipinski definition) is 5. The molecule has 0 radical (unpaired) electrons. The van der Waals surface area contributed by atoms with Gasteiger partial charge in [0, 0.05) is 25.4 Å². The second-order valence-corrected chi connectivity index (χ2v) is 4.51. The van der Waals surface area contributed by atoms with Crippen LogP contribution in [-0.4, -0.2) is 37.4 Å². The number of nitrogens with one attached hydrogen (secondary N) is 2. The number of benzene rings is 1. The van der Waals surface area contributed by atoms with Crippen molar-refractivity contribution in [2.75, 3.05) is 25.5 Å². The van der Waals surface area contributed by atoms with Crippen molar-refractivity contribution in [2.45, 2.75) is 6.92 Å². The number of aldehydes is 1. The molecule has 2 rings (SSSR count). The molecule has 0 aliphatic rings. The summed E-state index contributed by atoms with van der Waals surface area (Å²) in [6, 6.07) is 7.24. The highest BCUT2D eigenvalue weighted by Crippen LogP contribution is 2.23. The van der Waals surface area contributed by atoms with Gasteiger partial charge in [-0.15, -0.1) is 0 Å². The molecule has 110 valence electrons. The van der Waals surface area contributed by atoms with E-state index >= 15 is 0 Å². The van der Waals surface area contributed by atoms with Crippen LogP contribution in [-0.2, 0) is 4.79 Å². The lowest BCUT2D eigenvalue weighted by molar-refractivity contribution is -0.118. The van der Waals surface area contributed by atoms with Gasteiger partial charge in [-0.1, -0.05) is 0 Å². The van der Waals surface area contributed by atoms with E-state index in [0.717, 1.165) is 17.2 Å². The summed E-state index contributed by atoms with van der Waals surface area (Å²) in [5.41, 5.74) is 1.24. The Morgan fingerprint density at radius 3 is 2.81 bits per heavy atom. The van der Waals surface area contributed by atoms with Gasteiger partial charge < -0.3 is 15.4 Å². The minimum Gasteiger partial charge on any atom is -0.497 e. The van der Waals surface area contributed by atoms with Crippen LogP contribution < -0.4 is 15.4 Å². The average Bonchev–Trinajstić information content (AvgIpc) is 2.49. The van der Waals surface area contributed by atoms with E-state index in [1.165, 1.54) is 6.92 Å². The number of rotatable bonds is 6. The fourth-order valence-electron chi connectivity index (χ4n) is 1.95. The van der Waals surface area contributed by atoms with Gasteiger partial charge in [-0.25, -0.2) is 4.98 Å². The Labute approximate surface area is 122 Å². The first kappa shape index (κ1) is 14.8. The SMILES string of the molecule is COc1ccc2nc(NCCNC(C)=O)c(C=O)cc2c1. The van der Waals surface area contributed by atoms with Crippen molar-refractivity contribution in [3.05, 3.63) is 29.8 Å². The summed E-state index contributed by atoms with van der Waals surface area (Å²) in [4.78, 5) is 26.4. The van der Waals surface area contributed by atoms with Gasteiger partial charge in [0.15, 0.2) is 6.29 Å². The molecule has 0 aliphatic heterocycles. The molecule has 1 aromatic carbocycles. The summed E-state index contributed by atoms with van der Waals surface area (Å²) in [6.07, 6.45) is 0.757. The lowest BCUT2D eigenvalue weighted by Gasteiger charge is -2.10. The molecule has 2 aromatic rings. The van der Waals surface area contributed by atoms with Crippen LogP contribution in [0.5, 0.6) is 5.75 Å². The summed E-state index contributed by atoms with van der Waals surface area (Å²) in [5.74, 6) is 1.13. The average molecular weight is 287 g/mol. The van der Waals surface area contributed by atoms with E-state index in [0.29, 0.717) is 30.2 Å². The number of carbonyl (C=O) groups is 2. The lowest BCUT2D eigenvalue weighted by Crippen LogP contribution is -2.26. The van der Waals surface area contributed by atoms with Crippen molar-refractivity contribution < 1.29 is 14.3 Å². The van der Waals surface area contributed by atoms with Gasteiger partial charge in [-0.2, -0.15) is 0 Å². The maximum atomic E-state index is 11.2. The van der Waals surface area contributed by atoms with Crippen LogP contribution >= 0.6 is 0 Å². The number of amides is 1. The summed E-state index contributed by atoms with van der Waals surface area (Å²) in [5, 5.41) is 6.56. The third-order valence-electron chi connectivity index (χ3n) is 2.97. The molecule has 1 heterocycles. The lowest BCUT2D eigenvalue weighted by atomic mass is 10.1. The maximum Gasteiger partial charge on any atom is 0.216 e. The Kier molecular flexibility index (Phi) is 4.71. The molecule has 0 fully saturated rings. The van der Waals surface area contributed by atoms with E-state index in [1.54, 1.807) is 13.2 Å². The van der Waals surface area contributed by atoms with Crippen LogP contribution in [0.15, 0.2) is 24.3 Å². The summed E-state index contributed by atoms with van der Waals surface area (Å²) < 4.78 is 5.16. The monoisotopic (exact) mass is 287 g/mol. The molecule has 6 heteroatoms. The summed E-state index contributed by atoms with van der Waals surface area (Å²) in [7, 11) is 1.59. The second-order valence-electron chi connectivity index (χ2n) is 4.51. The van der Waals surface area contributed by atoms with Crippen LogP contribution in [0, 0.1) is 0 Å². The molecule has 0 unspecified atom stereocenters. The number of ether oxygens (including phenoxy) is 1. The smallest absolute Gasteiger partial charge is 0.216 e. The molecule has 0 saturated carbocycles. The van der Waals surface area contributed by atoms with Gasteiger partial charge in [0.2, 0.25) is 5.91 Å². The number of anilines is 1. The first-order valence-corrected chi connectivity index (χ1v) is 6.56. The molecule has 2 N–H and O–H groups in total. The predicted octanol–water partition coefficient (Wildman–Crippen LogP) is 1.60. The normalized spacial score (nSPS) is 10.2. The summed E-state index contributed by atoms with van der Waals surface area (Å²) in [6.45, 7) is 2.42. The topological polar surface area (TPSA) is 80.3 Å². The molecular weight excluding hydrogens is 270 g/mol. The fraction of sp³-hybridized carbons (Fsp3) is 0.267. The minimum absolute atomic E-state index is 0.0917. The maximum absolute atomic E-state index is 11.2. The summed E-state index contributed by atoms with van der Waals surface area (Å²) >= 11 is 0. The molecule has 0 atom stereocenters. The van der Waals surface area contributed by atoms with E-state index in [2.05, 4.69) is 15.6 Å². The molecule has 21 heavy (non-hydrogen) atoms. The zero-order chi connectivity index (χ0) is 15.2. The van der Waals surface area contributed by atoms with Crippen molar-refractivity contribution in [1.82, 2.24) is 10.3 Å². The minimum atomic E-state index is -0.0917. The molecule has 0 aliphatic carbocycles. The van der Waals surface area contributed by atoms with Crippen molar-refractivity contribution in [2.24, 2.45) is 0 Å². The van der Waals surface area contributed by atoms with E-state index in [1.807, 2.05) is 18.2 Å². The van der Waals surface area contributed by atoms with Crippen LogP contribution in [0.2, 0.25) is 0 Å². The van der Waals surface area contributed by atoms with Crippen molar-refractivity contribution >= 4 is 28.9 Å². The first-order valence-electron chi connectivity index (χ1n) is 6.56. The predicted molar refractivity (Wildman–Crippen MR) is 80.9 cm³/mol. The quantitative estimate of drug-likeness (QED) is 0.623. The number of pyridine rings is 1. The van der Waals surface area contributed by atoms with Gasteiger partial charge in [0.25, 0.3) is 0 Å². The zero-order valence-corrected chi connectivity index (χ0v) is 12.0. The van der Waals surface area contributed by atoms with E-state index in [4.69, 9.17) is 4.74 Å². The molecule has 0 spiro atoms. The third-order valence-corrected chi connectivity index (χ3v) is 2.97. The van der Waals surface area contributed by atoms with Crippen molar-refractivity contribution in [3.63, 3.8) is 0 Å². The Balaban J connectivity index is 2.22. The molecule has 0 bridgehead atoms. The molecule has 1 aromatic heterocycles. The molecule has 0 saturated heterocycles. The number of hydrogen-bond donors (Lipinski definition) is 2. The largest absolute Gasteiger partial charge is 0.497 e. The highest BCUT2D eigenvalue weighted by Gasteiger charge is 2.07. The number of carbonyl (C=O) groups excluding carboxylic acids is 2. The van der Waals surface area contributed by atoms with E-state index in [9.17, 15) is 9.59 Å². The molecular formula is C15H17N3O3. The Bertz CT molecular complexity index is 671. The second kappa shape index (κ2) is 6.69. The van der Waals surface area contributed by atoms with Gasteiger partial charge in [0.05, 0.1) is 18.2 Å². The zero-order valence-electron chi connectivity index (χ0n) is 12.0. The standard InChI is InChI=1S/C15H17N3O3/c1-10(20)16-5-6-17-15-12(9-19)7-11-8-13(21-2)3-4-14(11)18-15/h3-4,7-9H,5-6H2,1-2H3,(H,16,20)(H,17,18). The van der Waals surface area contributed by atoms with Gasteiger partial charge in [-0.05, 0) is 24.3 Å². The number of aromatic nitrogens is 1. The Morgan fingerprint density at radius 2 is 2.14 bits per heavy atom. The van der Waals surface area contributed by atoms with Crippen molar-refractivity contribution in [3.8, 4) is 5.75 Å². The highest BCUT2D eigenvalue weighted by molar-refractivity contribution is 5.92. The van der Waals surface area contributed by atoms with Crippen LogP contribution in [0.25, 0.3) is 10.9 Å². The van der Waals surface area contributed by atoms with E-state index in [-0.39, 0.29) is 5.91 Å².